The van der Waals surface area contributed by atoms with Crippen LogP contribution < -0.4 is 4.74 Å². The zero-order chi connectivity index (χ0) is 12.1. The molecule has 0 aliphatic heterocycles. The van der Waals surface area contributed by atoms with Crippen molar-refractivity contribution in [3.63, 3.8) is 0 Å². The van der Waals surface area contributed by atoms with E-state index in [1.807, 2.05) is 30.3 Å². The molecule has 0 unspecified atom stereocenters. The van der Waals surface area contributed by atoms with Gasteiger partial charge < -0.3 is 4.74 Å². The van der Waals surface area contributed by atoms with Crippen molar-refractivity contribution in [3.8, 4) is 11.8 Å². The predicted molar refractivity (Wildman–Crippen MR) is 61.8 cm³/mol. The van der Waals surface area contributed by atoms with E-state index in [0.717, 1.165) is 5.56 Å². The molecule has 0 saturated heterocycles. The van der Waals surface area contributed by atoms with E-state index < -0.39 is 6.10 Å². The van der Waals surface area contributed by atoms with Gasteiger partial charge in [0.1, 0.15) is 17.6 Å². The lowest BCUT2D eigenvalue weighted by Gasteiger charge is -2.12. The van der Waals surface area contributed by atoms with Crippen LogP contribution in [0.15, 0.2) is 54.6 Å². The third-order valence-corrected chi connectivity index (χ3v) is 2.29. The van der Waals surface area contributed by atoms with Crippen LogP contribution in [-0.2, 0) is 0 Å². The third-order valence-electron chi connectivity index (χ3n) is 2.29. The van der Waals surface area contributed by atoms with Gasteiger partial charge in [0, 0.05) is 5.56 Å². The Morgan fingerprint density at radius 1 is 1.00 bits per heavy atom. The Bertz CT molecular complexity index is 516. The second kappa shape index (κ2) is 5.13. The largest absolute Gasteiger partial charge is 0.471 e. The summed E-state index contributed by atoms with van der Waals surface area (Å²) in [6.45, 7) is 0. The Kier molecular flexibility index (Phi) is 3.37. The molecule has 0 radical (unpaired) electrons. The van der Waals surface area contributed by atoms with Crippen molar-refractivity contribution in [2.75, 3.05) is 0 Å². The maximum atomic E-state index is 12.7. The highest BCUT2D eigenvalue weighted by molar-refractivity contribution is 5.27. The Labute approximate surface area is 98.9 Å². The van der Waals surface area contributed by atoms with E-state index >= 15 is 0 Å². The van der Waals surface area contributed by atoms with Crippen LogP contribution in [-0.4, -0.2) is 0 Å². The summed E-state index contributed by atoms with van der Waals surface area (Å²) in [5, 5.41) is 9.05. The minimum atomic E-state index is -0.679. The molecule has 2 nitrogen and oxygen atoms in total. The molecular weight excluding hydrogens is 217 g/mol. The summed E-state index contributed by atoms with van der Waals surface area (Å²) in [5.74, 6) is 0.146. The monoisotopic (exact) mass is 227 g/mol. The van der Waals surface area contributed by atoms with E-state index in [-0.39, 0.29) is 5.82 Å². The van der Waals surface area contributed by atoms with Crippen LogP contribution in [0.3, 0.4) is 0 Å². The SMILES string of the molecule is N#C[C@H](Oc1ccc(F)cc1)c1ccccc1. The van der Waals surface area contributed by atoms with Crippen LogP contribution in [0.5, 0.6) is 5.75 Å². The zero-order valence-corrected chi connectivity index (χ0v) is 9.01. The summed E-state index contributed by atoms with van der Waals surface area (Å²) in [6.07, 6.45) is -0.679. The zero-order valence-electron chi connectivity index (χ0n) is 9.01. The van der Waals surface area contributed by atoms with E-state index in [1.165, 1.54) is 24.3 Å². The van der Waals surface area contributed by atoms with Gasteiger partial charge in [-0.2, -0.15) is 5.26 Å². The van der Waals surface area contributed by atoms with Crippen molar-refractivity contribution in [1.82, 2.24) is 0 Å². The number of hydrogen-bond acceptors (Lipinski definition) is 2. The highest BCUT2D eigenvalue weighted by Gasteiger charge is 2.11. The topological polar surface area (TPSA) is 33.0 Å². The first-order valence-electron chi connectivity index (χ1n) is 5.16. The van der Waals surface area contributed by atoms with Gasteiger partial charge in [0.2, 0.25) is 6.10 Å². The van der Waals surface area contributed by atoms with E-state index in [0.29, 0.717) is 5.75 Å². The quantitative estimate of drug-likeness (QED) is 0.804. The molecule has 0 saturated carbocycles. The van der Waals surface area contributed by atoms with Crippen LogP contribution in [0.2, 0.25) is 0 Å². The van der Waals surface area contributed by atoms with Crippen molar-refractivity contribution >= 4 is 0 Å². The molecule has 0 amide bonds. The highest BCUT2D eigenvalue weighted by Crippen LogP contribution is 2.21. The number of nitriles is 1. The Balaban J connectivity index is 2.17. The molecule has 2 aromatic carbocycles. The van der Waals surface area contributed by atoms with Gasteiger partial charge in [0.15, 0.2) is 0 Å². The van der Waals surface area contributed by atoms with Gasteiger partial charge in [-0.3, -0.25) is 0 Å². The van der Waals surface area contributed by atoms with Crippen LogP contribution >= 0.6 is 0 Å². The normalized spacial score (nSPS) is 11.5. The predicted octanol–water partition coefficient (Wildman–Crippen LogP) is 3.47. The van der Waals surface area contributed by atoms with E-state index in [9.17, 15) is 4.39 Å². The number of hydrogen-bond donors (Lipinski definition) is 0. The van der Waals surface area contributed by atoms with Gasteiger partial charge in [0.25, 0.3) is 0 Å². The molecule has 17 heavy (non-hydrogen) atoms. The standard InChI is InChI=1S/C14H10FNO/c15-12-6-8-13(9-7-12)17-14(10-16)11-4-2-1-3-5-11/h1-9,14H/t14-/m0/s1. The molecule has 0 fully saturated rings. The molecule has 0 aromatic heterocycles. The lowest BCUT2D eigenvalue weighted by molar-refractivity contribution is 0.262. The average Bonchev–Trinajstić information content (AvgIpc) is 2.39. The molecule has 2 aromatic rings. The fourth-order valence-corrected chi connectivity index (χ4v) is 1.45. The van der Waals surface area contributed by atoms with Gasteiger partial charge in [-0.15, -0.1) is 0 Å². The maximum absolute atomic E-state index is 12.7. The van der Waals surface area contributed by atoms with Crippen molar-refractivity contribution in [2.45, 2.75) is 6.10 Å². The van der Waals surface area contributed by atoms with E-state index in [4.69, 9.17) is 10.00 Å². The Hall–Kier alpha value is -2.34. The van der Waals surface area contributed by atoms with Crippen molar-refractivity contribution < 1.29 is 9.13 Å². The molecule has 0 aliphatic rings. The summed E-state index contributed by atoms with van der Waals surface area (Å²) in [7, 11) is 0. The van der Waals surface area contributed by atoms with Gasteiger partial charge in [-0.25, -0.2) is 4.39 Å². The van der Waals surface area contributed by atoms with Crippen LogP contribution in [0.4, 0.5) is 4.39 Å². The second-order valence-electron chi connectivity index (χ2n) is 3.49. The number of benzene rings is 2. The van der Waals surface area contributed by atoms with Crippen LogP contribution in [0.25, 0.3) is 0 Å². The first-order valence-corrected chi connectivity index (χ1v) is 5.16. The van der Waals surface area contributed by atoms with Gasteiger partial charge in [-0.05, 0) is 24.3 Å². The van der Waals surface area contributed by atoms with E-state index in [1.54, 1.807) is 0 Å². The lowest BCUT2D eigenvalue weighted by atomic mass is 10.1. The molecule has 3 heteroatoms. The maximum Gasteiger partial charge on any atom is 0.209 e. The smallest absolute Gasteiger partial charge is 0.209 e. The number of halogens is 1. The van der Waals surface area contributed by atoms with Gasteiger partial charge in [0.05, 0.1) is 0 Å². The average molecular weight is 227 g/mol. The molecule has 0 N–H and O–H groups in total. The third kappa shape index (κ3) is 2.82. The molecule has 1 atom stereocenters. The minimum Gasteiger partial charge on any atom is -0.471 e. The summed E-state index contributed by atoms with van der Waals surface area (Å²) < 4.78 is 18.2. The fraction of sp³-hybridized carbons (Fsp3) is 0.0714. The summed E-state index contributed by atoms with van der Waals surface area (Å²) in [6, 6.07) is 16.9. The molecule has 0 spiro atoms. The van der Waals surface area contributed by atoms with Gasteiger partial charge in [-0.1, -0.05) is 30.3 Å². The molecule has 0 heterocycles. The van der Waals surface area contributed by atoms with Crippen LogP contribution in [0.1, 0.15) is 11.7 Å². The molecular formula is C14H10FNO. The minimum absolute atomic E-state index is 0.328. The highest BCUT2D eigenvalue weighted by atomic mass is 19.1. The molecule has 0 bridgehead atoms. The number of rotatable bonds is 3. The number of ether oxygens (including phenoxy) is 1. The van der Waals surface area contributed by atoms with E-state index in [2.05, 4.69) is 6.07 Å². The fourth-order valence-electron chi connectivity index (χ4n) is 1.45. The Morgan fingerprint density at radius 2 is 1.65 bits per heavy atom. The molecule has 84 valence electrons. The summed E-state index contributed by atoms with van der Waals surface area (Å²) in [5.41, 5.74) is 0.777. The van der Waals surface area contributed by atoms with Crippen molar-refractivity contribution in [2.24, 2.45) is 0 Å². The molecule has 0 aliphatic carbocycles. The van der Waals surface area contributed by atoms with Gasteiger partial charge >= 0.3 is 0 Å². The summed E-state index contributed by atoms with van der Waals surface area (Å²) >= 11 is 0. The van der Waals surface area contributed by atoms with Crippen molar-refractivity contribution in [1.29, 1.82) is 5.26 Å². The first kappa shape index (κ1) is 11.2. The second-order valence-corrected chi connectivity index (χ2v) is 3.49. The Morgan fingerprint density at radius 3 is 2.24 bits per heavy atom. The lowest BCUT2D eigenvalue weighted by Crippen LogP contribution is -2.04. The van der Waals surface area contributed by atoms with Crippen LogP contribution in [0, 0.1) is 17.1 Å². The molecule has 2 rings (SSSR count). The van der Waals surface area contributed by atoms with Crippen molar-refractivity contribution in [3.05, 3.63) is 66.0 Å². The number of nitrogens with zero attached hydrogens (tertiary/aromatic N) is 1. The summed E-state index contributed by atoms with van der Waals surface area (Å²) in [4.78, 5) is 0. The first-order chi connectivity index (χ1) is 8.29.